The van der Waals surface area contributed by atoms with Crippen molar-refractivity contribution in [2.75, 3.05) is 30.6 Å². The van der Waals surface area contributed by atoms with Crippen molar-refractivity contribution in [3.63, 3.8) is 0 Å². The Hall–Kier alpha value is 0.600. The number of alkyl halides is 1. The molecule has 3 heteroatoms. The molecular weight excluding hydrogens is 204 g/mol. The van der Waals surface area contributed by atoms with Gasteiger partial charge in [0, 0.05) is 18.2 Å². The lowest BCUT2D eigenvalue weighted by Gasteiger charge is -2.08. The minimum atomic E-state index is 0.622. The fourth-order valence-electron chi connectivity index (χ4n) is 0.766. The zero-order chi connectivity index (χ0) is 10.1. The van der Waals surface area contributed by atoms with E-state index in [1.54, 1.807) is 0 Å². The lowest BCUT2D eigenvalue weighted by molar-refractivity contribution is 0.124. The fourth-order valence-corrected chi connectivity index (χ4v) is 1.93. The summed E-state index contributed by atoms with van der Waals surface area (Å²) in [6, 6.07) is 0. The minimum absolute atomic E-state index is 0.622. The molecule has 0 N–H and O–H groups in total. The van der Waals surface area contributed by atoms with Crippen LogP contribution in [0.25, 0.3) is 0 Å². The summed E-state index contributed by atoms with van der Waals surface area (Å²) in [5.41, 5.74) is 0. The summed E-state index contributed by atoms with van der Waals surface area (Å²) in [4.78, 5) is 0. The number of rotatable bonds is 8. The van der Waals surface area contributed by atoms with Gasteiger partial charge in [-0.05, 0) is 17.6 Å². The van der Waals surface area contributed by atoms with Gasteiger partial charge in [-0.15, -0.1) is 11.6 Å². The molecule has 0 saturated carbocycles. The van der Waals surface area contributed by atoms with E-state index in [0.29, 0.717) is 11.8 Å². The van der Waals surface area contributed by atoms with Crippen molar-refractivity contribution >= 4 is 23.4 Å². The van der Waals surface area contributed by atoms with Gasteiger partial charge in [0.15, 0.2) is 0 Å². The van der Waals surface area contributed by atoms with Crippen LogP contribution >= 0.6 is 23.4 Å². The highest BCUT2D eigenvalue weighted by Gasteiger charge is 1.99. The van der Waals surface area contributed by atoms with Crippen LogP contribution in [0, 0.1) is 11.8 Å². The third-order valence-corrected chi connectivity index (χ3v) is 3.28. The van der Waals surface area contributed by atoms with Gasteiger partial charge in [-0.2, -0.15) is 11.8 Å². The van der Waals surface area contributed by atoms with Crippen molar-refractivity contribution < 1.29 is 4.74 Å². The number of hydrogen-bond donors (Lipinski definition) is 0. The maximum Gasteiger partial charge on any atom is 0.0556 e. The van der Waals surface area contributed by atoms with Crippen LogP contribution in [-0.4, -0.2) is 30.6 Å². The largest absolute Gasteiger partial charge is 0.380 e. The maximum atomic E-state index is 5.69. The maximum absolute atomic E-state index is 5.69. The highest BCUT2D eigenvalue weighted by Crippen LogP contribution is 2.09. The van der Waals surface area contributed by atoms with Gasteiger partial charge in [0.2, 0.25) is 0 Å². The molecule has 0 rings (SSSR count). The van der Waals surface area contributed by atoms with Crippen molar-refractivity contribution in [1.82, 2.24) is 0 Å². The first kappa shape index (κ1) is 13.6. The Balaban J connectivity index is 2.99. The van der Waals surface area contributed by atoms with E-state index < -0.39 is 0 Å². The second-order valence-electron chi connectivity index (χ2n) is 3.80. The quantitative estimate of drug-likeness (QED) is 0.462. The minimum Gasteiger partial charge on any atom is -0.380 e. The van der Waals surface area contributed by atoms with E-state index in [9.17, 15) is 0 Å². The molecule has 0 spiro atoms. The molecule has 80 valence electrons. The fraction of sp³-hybridized carbons (Fsp3) is 1.00. The third-order valence-electron chi connectivity index (χ3n) is 1.49. The van der Waals surface area contributed by atoms with Gasteiger partial charge in [-0.25, -0.2) is 0 Å². The lowest BCUT2D eigenvalue weighted by Crippen LogP contribution is -2.06. The number of thioether (sulfide) groups is 1. The molecule has 0 aromatic rings. The first-order valence-electron chi connectivity index (χ1n) is 4.88. The molecule has 0 aromatic carbocycles. The molecule has 0 radical (unpaired) electrons. The van der Waals surface area contributed by atoms with Crippen LogP contribution in [0.2, 0.25) is 0 Å². The van der Waals surface area contributed by atoms with E-state index in [4.69, 9.17) is 16.3 Å². The average molecular weight is 225 g/mol. The zero-order valence-electron chi connectivity index (χ0n) is 8.88. The summed E-state index contributed by atoms with van der Waals surface area (Å²) in [5.74, 6) is 4.27. The van der Waals surface area contributed by atoms with E-state index >= 15 is 0 Å². The smallest absolute Gasteiger partial charge is 0.0556 e. The van der Waals surface area contributed by atoms with Gasteiger partial charge >= 0.3 is 0 Å². The van der Waals surface area contributed by atoms with Gasteiger partial charge in [-0.1, -0.05) is 20.8 Å². The molecule has 1 nitrogen and oxygen atoms in total. The number of halogens is 1. The van der Waals surface area contributed by atoms with E-state index in [2.05, 4.69) is 20.8 Å². The highest BCUT2D eigenvalue weighted by molar-refractivity contribution is 7.99. The monoisotopic (exact) mass is 224 g/mol. The van der Waals surface area contributed by atoms with Crippen LogP contribution in [0.1, 0.15) is 20.8 Å². The van der Waals surface area contributed by atoms with E-state index in [1.165, 1.54) is 0 Å². The van der Waals surface area contributed by atoms with Crippen molar-refractivity contribution in [1.29, 1.82) is 0 Å². The Morgan fingerprint density at radius 2 is 2.00 bits per heavy atom. The molecule has 1 unspecified atom stereocenters. The standard InChI is InChI=1S/C10H21ClOS/c1-9(2)7-12-4-5-13-8-10(3)6-11/h9-10H,4-8H2,1-3H3. The van der Waals surface area contributed by atoms with Crippen LogP contribution < -0.4 is 0 Å². The Morgan fingerprint density at radius 1 is 1.31 bits per heavy atom. The third kappa shape index (κ3) is 10.5. The van der Waals surface area contributed by atoms with Gasteiger partial charge < -0.3 is 4.74 Å². The predicted octanol–water partition coefficient (Wildman–Crippen LogP) is 3.27. The Kier molecular flexibility index (Phi) is 9.59. The SMILES string of the molecule is CC(C)COCCSCC(C)CCl. The molecule has 0 amide bonds. The lowest BCUT2D eigenvalue weighted by atomic mass is 10.2. The van der Waals surface area contributed by atoms with Crippen LogP contribution in [0.5, 0.6) is 0 Å². The van der Waals surface area contributed by atoms with Crippen LogP contribution in [-0.2, 0) is 4.74 Å². The second kappa shape index (κ2) is 9.17. The van der Waals surface area contributed by atoms with E-state index in [-0.39, 0.29) is 0 Å². The Morgan fingerprint density at radius 3 is 2.54 bits per heavy atom. The van der Waals surface area contributed by atoms with E-state index in [1.807, 2.05) is 11.8 Å². The molecule has 0 aliphatic carbocycles. The molecule has 1 atom stereocenters. The van der Waals surface area contributed by atoms with Crippen molar-refractivity contribution in [3.05, 3.63) is 0 Å². The van der Waals surface area contributed by atoms with E-state index in [0.717, 1.165) is 30.6 Å². The van der Waals surface area contributed by atoms with Gasteiger partial charge in [0.25, 0.3) is 0 Å². The number of ether oxygens (including phenoxy) is 1. The Labute approximate surface area is 91.6 Å². The topological polar surface area (TPSA) is 9.23 Å². The summed E-state index contributed by atoms with van der Waals surface area (Å²) >= 11 is 7.62. The molecular formula is C10H21ClOS. The first-order valence-corrected chi connectivity index (χ1v) is 6.57. The van der Waals surface area contributed by atoms with Gasteiger partial charge in [0.05, 0.1) is 6.61 Å². The molecule has 0 aliphatic heterocycles. The number of hydrogen-bond acceptors (Lipinski definition) is 2. The molecule has 0 saturated heterocycles. The summed E-state index contributed by atoms with van der Waals surface area (Å²) in [6.45, 7) is 8.27. The molecule has 0 fully saturated rings. The molecule has 0 aromatic heterocycles. The van der Waals surface area contributed by atoms with Crippen LogP contribution in [0.3, 0.4) is 0 Å². The summed E-state index contributed by atoms with van der Waals surface area (Å²) in [5, 5.41) is 0. The average Bonchev–Trinajstić information content (AvgIpc) is 2.10. The molecule has 13 heavy (non-hydrogen) atoms. The van der Waals surface area contributed by atoms with Crippen molar-refractivity contribution in [2.45, 2.75) is 20.8 Å². The van der Waals surface area contributed by atoms with Crippen LogP contribution in [0.15, 0.2) is 0 Å². The predicted molar refractivity (Wildman–Crippen MR) is 62.9 cm³/mol. The summed E-state index contributed by atoms with van der Waals surface area (Å²) in [6.07, 6.45) is 0. The Bertz CT molecular complexity index is 109. The summed E-state index contributed by atoms with van der Waals surface area (Å²) < 4.78 is 5.46. The zero-order valence-corrected chi connectivity index (χ0v) is 10.5. The second-order valence-corrected chi connectivity index (χ2v) is 5.26. The summed E-state index contributed by atoms with van der Waals surface area (Å²) in [7, 11) is 0. The van der Waals surface area contributed by atoms with Crippen molar-refractivity contribution in [3.8, 4) is 0 Å². The molecule has 0 heterocycles. The molecule has 0 aliphatic rings. The highest BCUT2D eigenvalue weighted by atomic mass is 35.5. The first-order chi connectivity index (χ1) is 6.16. The van der Waals surface area contributed by atoms with Gasteiger partial charge in [0.1, 0.15) is 0 Å². The van der Waals surface area contributed by atoms with Crippen LogP contribution in [0.4, 0.5) is 0 Å². The normalized spacial score (nSPS) is 13.6. The van der Waals surface area contributed by atoms with Gasteiger partial charge in [-0.3, -0.25) is 0 Å². The molecule has 0 bridgehead atoms. The van der Waals surface area contributed by atoms with Crippen molar-refractivity contribution in [2.24, 2.45) is 11.8 Å².